The third-order valence-corrected chi connectivity index (χ3v) is 10.9. The molecule has 55 heavy (non-hydrogen) atoms. The number of carbonyl (C=O) groups excluding carboxylic acids is 1. The van der Waals surface area contributed by atoms with Gasteiger partial charge in [0.05, 0.1) is 24.1 Å². The number of unbranched alkanes of at least 4 members (excludes halogenated alkanes) is 1. The molecule has 0 unspecified atom stereocenters. The number of piperazine rings is 1. The average molecular weight is 762 g/mol. The molecule has 3 fully saturated rings. The summed E-state index contributed by atoms with van der Waals surface area (Å²) in [6, 6.07) is 8.27. The van der Waals surface area contributed by atoms with E-state index in [4.69, 9.17) is 9.47 Å². The number of morpholine rings is 1. The molecule has 0 amide bonds. The van der Waals surface area contributed by atoms with Crippen LogP contribution in [0.3, 0.4) is 0 Å². The Morgan fingerprint density at radius 1 is 0.945 bits per heavy atom. The summed E-state index contributed by atoms with van der Waals surface area (Å²) in [5.74, 6) is -2.12. The molecule has 0 atom stereocenters. The lowest BCUT2D eigenvalue weighted by atomic mass is 10.1. The van der Waals surface area contributed by atoms with Gasteiger partial charge in [0.15, 0.2) is 5.82 Å². The van der Waals surface area contributed by atoms with Crippen LogP contribution in [0, 0.1) is 18.6 Å². The van der Waals surface area contributed by atoms with E-state index in [0.29, 0.717) is 64.7 Å². The molecule has 13 nitrogen and oxygen atoms in total. The average Bonchev–Trinajstić information content (AvgIpc) is 4.02. The van der Waals surface area contributed by atoms with Gasteiger partial charge in [0.2, 0.25) is 5.43 Å². The highest BCUT2D eigenvalue weighted by Crippen LogP contribution is 2.40. The van der Waals surface area contributed by atoms with Crippen molar-refractivity contribution in [1.29, 1.82) is 0 Å². The maximum atomic E-state index is 16.4. The first-order valence-electron chi connectivity index (χ1n) is 19.3. The standard InChI is InChI=1S/C40H49F2N7O6/c1-3-27-22-28(7-6-26(27)2)43-33-24-34(50)48(40(53)44-33)11-5-4-10-45-12-14-47(15-13-45)37-32(41)23-30-36(35(37)42)49(29-8-9-29)25-31(38(30)51)39(52)55-21-18-46-16-19-54-20-17-46/h6-7,22-25,29,43H,3-5,8-21H2,1-2H3,(H,44,53). The third-order valence-electron chi connectivity index (χ3n) is 10.9. The minimum atomic E-state index is -0.850. The fourth-order valence-electron chi connectivity index (χ4n) is 7.56. The second-order valence-electron chi connectivity index (χ2n) is 14.7. The Bertz CT molecular complexity index is 2190. The molecule has 2 aromatic heterocycles. The van der Waals surface area contributed by atoms with Gasteiger partial charge in [-0.3, -0.25) is 28.9 Å². The van der Waals surface area contributed by atoms with Crippen molar-refractivity contribution in [3.05, 3.63) is 95.9 Å². The van der Waals surface area contributed by atoms with Crippen molar-refractivity contribution in [3.63, 3.8) is 0 Å². The molecule has 294 valence electrons. The van der Waals surface area contributed by atoms with Gasteiger partial charge in [0, 0.05) is 76.4 Å². The molecule has 3 aliphatic rings. The number of nitrogens with one attached hydrogen (secondary N) is 2. The maximum absolute atomic E-state index is 16.4. The van der Waals surface area contributed by atoms with Crippen molar-refractivity contribution in [2.75, 3.05) is 82.4 Å². The molecule has 0 radical (unpaired) electrons. The summed E-state index contributed by atoms with van der Waals surface area (Å²) in [6.07, 6.45) is 5.09. The molecule has 4 heterocycles. The number of nitrogens with zero attached hydrogens (tertiary/aromatic N) is 5. The molecule has 0 spiro atoms. The van der Waals surface area contributed by atoms with E-state index in [1.165, 1.54) is 28.0 Å². The number of H-pyrrole nitrogens is 1. The van der Waals surface area contributed by atoms with Gasteiger partial charge >= 0.3 is 11.7 Å². The van der Waals surface area contributed by atoms with E-state index in [9.17, 15) is 19.2 Å². The summed E-state index contributed by atoms with van der Waals surface area (Å²) in [6.45, 7) is 10.2. The molecule has 2 aliphatic heterocycles. The van der Waals surface area contributed by atoms with Crippen molar-refractivity contribution >= 4 is 34.1 Å². The lowest BCUT2D eigenvalue weighted by molar-refractivity contribution is 0.0195. The molecule has 0 bridgehead atoms. The fraction of sp³-hybridized carbons (Fsp3) is 0.500. The second kappa shape index (κ2) is 16.9. The lowest BCUT2D eigenvalue weighted by Gasteiger charge is -2.36. The van der Waals surface area contributed by atoms with Crippen LogP contribution in [-0.4, -0.2) is 102 Å². The predicted molar refractivity (Wildman–Crippen MR) is 207 cm³/mol. The Labute approximate surface area is 317 Å². The summed E-state index contributed by atoms with van der Waals surface area (Å²) < 4.78 is 45.7. The molecular weight excluding hydrogens is 712 g/mol. The monoisotopic (exact) mass is 761 g/mol. The van der Waals surface area contributed by atoms with Crippen molar-refractivity contribution < 1.29 is 23.0 Å². The Kier molecular flexibility index (Phi) is 11.8. The number of ether oxygens (including phenoxy) is 2. The van der Waals surface area contributed by atoms with Gasteiger partial charge in [-0.1, -0.05) is 13.0 Å². The molecular formula is C40H49F2N7O6. The zero-order chi connectivity index (χ0) is 38.6. The number of esters is 1. The fourth-order valence-corrected chi connectivity index (χ4v) is 7.56. The van der Waals surface area contributed by atoms with Crippen LogP contribution in [0.15, 0.2) is 50.9 Å². The van der Waals surface area contributed by atoms with E-state index in [1.54, 1.807) is 9.47 Å². The van der Waals surface area contributed by atoms with Gasteiger partial charge in [-0.2, -0.15) is 0 Å². The van der Waals surface area contributed by atoms with E-state index in [0.717, 1.165) is 50.5 Å². The smallest absolute Gasteiger partial charge is 0.343 e. The number of rotatable bonds is 14. The predicted octanol–water partition coefficient (Wildman–Crippen LogP) is 4.17. The molecule has 2 saturated heterocycles. The van der Waals surface area contributed by atoms with Crippen LogP contribution in [-0.2, 0) is 22.4 Å². The van der Waals surface area contributed by atoms with E-state index in [2.05, 4.69) is 27.0 Å². The van der Waals surface area contributed by atoms with Crippen LogP contribution in [0.1, 0.15) is 60.1 Å². The highest BCUT2D eigenvalue weighted by atomic mass is 19.1. The molecule has 7 rings (SSSR count). The largest absolute Gasteiger partial charge is 0.461 e. The first-order chi connectivity index (χ1) is 26.6. The summed E-state index contributed by atoms with van der Waals surface area (Å²) in [5, 5.41) is 2.95. The first-order valence-corrected chi connectivity index (χ1v) is 19.3. The second-order valence-corrected chi connectivity index (χ2v) is 14.7. The minimum absolute atomic E-state index is 0.00557. The third kappa shape index (κ3) is 8.68. The Balaban J connectivity index is 0.949. The number of benzene rings is 2. The zero-order valence-corrected chi connectivity index (χ0v) is 31.5. The van der Waals surface area contributed by atoms with Crippen molar-refractivity contribution in [1.82, 2.24) is 23.9 Å². The number of hydrogen-bond donors (Lipinski definition) is 2. The van der Waals surface area contributed by atoms with Gasteiger partial charge in [-0.05, 0) is 74.9 Å². The van der Waals surface area contributed by atoms with Gasteiger partial charge in [0.25, 0.3) is 5.56 Å². The van der Waals surface area contributed by atoms with Crippen LogP contribution in [0.4, 0.5) is 26.0 Å². The minimum Gasteiger partial charge on any atom is -0.461 e. The van der Waals surface area contributed by atoms with Crippen molar-refractivity contribution in [2.24, 2.45) is 0 Å². The topological polar surface area (TPSA) is 134 Å². The maximum Gasteiger partial charge on any atom is 0.343 e. The van der Waals surface area contributed by atoms with Gasteiger partial charge in [-0.25, -0.2) is 18.4 Å². The molecule has 2 aromatic carbocycles. The lowest BCUT2D eigenvalue weighted by Crippen LogP contribution is -2.47. The highest BCUT2D eigenvalue weighted by molar-refractivity contribution is 5.95. The Hall–Kier alpha value is -4.86. The van der Waals surface area contributed by atoms with Crippen molar-refractivity contribution in [2.45, 2.75) is 58.5 Å². The van der Waals surface area contributed by atoms with Gasteiger partial charge < -0.3 is 24.3 Å². The number of aromatic nitrogens is 3. The normalized spacial score (nSPS) is 16.8. The number of halogens is 2. The molecule has 1 aliphatic carbocycles. The Morgan fingerprint density at radius 3 is 2.38 bits per heavy atom. The molecule has 2 N–H and O–H groups in total. The van der Waals surface area contributed by atoms with E-state index >= 15 is 8.78 Å². The molecule has 1 saturated carbocycles. The number of fused-ring (bicyclic) bond motifs is 1. The summed E-state index contributed by atoms with van der Waals surface area (Å²) in [7, 11) is 0. The van der Waals surface area contributed by atoms with Crippen LogP contribution < -0.4 is 26.9 Å². The number of aromatic amines is 1. The van der Waals surface area contributed by atoms with Crippen LogP contribution in [0.2, 0.25) is 0 Å². The van der Waals surface area contributed by atoms with Crippen LogP contribution >= 0.6 is 0 Å². The van der Waals surface area contributed by atoms with E-state index < -0.39 is 28.7 Å². The quantitative estimate of drug-likeness (QED) is 0.143. The zero-order valence-electron chi connectivity index (χ0n) is 31.5. The number of anilines is 3. The van der Waals surface area contributed by atoms with Crippen LogP contribution in [0.25, 0.3) is 10.9 Å². The van der Waals surface area contributed by atoms with Gasteiger partial charge in [-0.15, -0.1) is 0 Å². The van der Waals surface area contributed by atoms with E-state index in [1.807, 2.05) is 25.1 Å². The van der Waals surface area contributed by atoms with E-state index in [-0.39, 0.29) is 46.9 Å². The summed E-state index contributed by atoms with van der Waals surface area (Å²) >= 11 is 0. The number of pyridine rings is 1. The SMILES string of the molecule is CCc1cc(Nc2cc(=O)n(CCCCN3CCN(c4c(F)cc5c(=O)c(C(=O)OCCN6CCOCC6)cn(C6CC6)c5c4F)CC3)c(=O)[nH]2)ccc1C. The number of hydrogen-bond acceptors (Lipinski definition) is 10. The highest BCUT2D eigenvalue weighted by Gasteiger charge is 2.32. The Morgan fingerprint density at radius 2 is 1.67 bits per heavy atom. The first kappa shape index (κ1) is 38.4. The number of carbonyl (C=O) groups is 1. The summed E-state index contributed by atoms with van der Waals surface area (Å²) in [4.78, 5) is 60.9. The van der Waals surface area contributed by atoms with Gasteiger partial charge in [0.1, 0.15) is 29.5 Å². The van der Waals surface area contributed by atoms with Crippen molar-refractivity contribution in [3.8, 4) is 0 Å². The summed E-state index contributed by atoms with van der Waals surface area (Å²) in [5.41, 5.74) is 1.15. The molecule has 4 aromatic rings. The number of aryl methyl sites for hydroxylation is 2. The van der Waals surface area contributed by atoms with Crippen LogP contribution in [0.5, 0.6) is 0 Å². The molecule has 15 heteroatoms.